The van der Waals surface area contributed by atoms with Crippen LogP contribution in [0.4, 0.5) is 14.5 Å². The van der Waals surface area contributed by atoms with Crippen molar-refractivity contribution in [2.75, 3.05) is 12.3 Å². The van der Waals surface area contributed by atoms with Crippen LogP contribution in [0.3, 0.4) is 0 Å². The van der Waals surface area contributed by atoms with E-state index >= 15 is 0 Å². The smallest absolute Gasteiger partial charge is 0.254 e. The summed E-state index contributed by atoms with van der Waals surface area (Å²) < 4.78 is 26.6. The molecule has 1 amide bonds. The molecule has 20 heavy (non-hydrogen) atoms. The number of nitrogen functional groups attached to an aromatic ring is 1. The van der Waals surface area contributed by atoms with Crippen LogP contribution in [-0.4, -0.2) is 12.5 Å². The van der Waals surface area contributed by atoms with E-state index in [1.54, 1.807) is 0 Å². The van der Waals surface area contributed by atoms with Gasteiger partial charge in [0.1, 0.15) is 11.6 Å². The predicted molar refractivity (Wildman–Crippen MR) is 74.2 cm³/mol. The SMILES string of the molecule is CC1CCCC(CNC(=O)c2cc(N)c(F)cc2F)C1. The van der Waals surface area contributed by atoms with E-state index in [1.165, 1.54) is 12.8 Å². The highest BCUT2D eigenvalue weighted by molar-refractivity contribution is 5.95. The molecular weight excluding hydrogens is 262 g/mol. The number of carbonyl (C=O) groups excluding carboxylic acids is 1. The van der Waals surface area contributed by atoms with E-state index in [2.05, 4.69) is 12.2 Å². The van der Waals surface area contributed by atoms with Gasteiger partial charge in [0, 0.05) is 12.6 Å². The van der Waals surface area contributed by atoms with Gasteiger partial charge in [-0.05, 0) is 30.7 Å². The summed E-state index contributed by atoms with van der Waals surface area (Å²) in [4.78, 5) is 11.9. The van der Waals surface area contributed by atoms with Gasteiger partial charge in [-0.25, -0.2) is 8.78 Å². The Kier molecular flexibility index (Phi) is 4.57. The number of hydrogen-bond acceptors (Lipinski definition) is 2. The molecule has 0 radical (unpaired) electrons. The standard InChI is InChI=1S/C15H20F2N2O/c1-9-3-2-4-10(5-9)8-19-15(20)11-6-14(18)13(17)7-12(11)16/h6-7,9-10H,2-5,8,18H2,1H3,(H,19,20). The fourth-order valence-corrected chi connectivity index (χ4v) is 2.82. The van der Waals surface area contributed by atoms with Crippen molar-refractivity contribution in [3.8, 4) is 0 Å². The summed E-state index contributed by atoms with van der Waals surface area (Å²) in [5.74, 6) is -1.16. The van der Waals surface area contributed by atoms with Gasteiger partial charge in [-0.3, -0.25) is 4.79 Å². The molecule has 1 aromatic carbocycles. The molecule has 1 fully saturated rings. The maximum Gasteiger partial charge on any atom is 0.254 e. The maximum absolute atomic E-state index is 13.6. The van der Waals surface area contributed by atoms with Crippen LogP contribution in [0.1, 0.15) is 43.0 Å². The number of hydrogen-bond donors (Lipinski definition) is 2. The molecular formula is C15H20F2N2O. The van der Waals surface area contributed by atoms with Crippen LogP contribution in [0.25, 0.3) is 0 Å². The second-order valence-electron chi connectivity index (χ2n) is 5.70. The number of anilines is 1. The van der Waals surface area contributed by atoms with Crippen LogP contribution >= 0.6 is 0 Å². The van der Waals surface area contributed by atoms with Crippen molar-refractivity contribution in [2.45, 2.75) is 32.6 Å². The van der Waals surface area contributed by atoms with E-state index in [0.29, 0.717) is 24.4 Å². The summed E-state index contributed by atoms with van der Waals surface area (Å²) in [5, 5.41) is 2.72. The first-order chi connectivity index (χ1) is 9.47. The van der Waals surface area contributed by atoms with E-state index in [4.69, 9.17) is 5.73 Å². The van der Waals surface area contributed by atoms with Gasteiger partial charge in [-0.2, -0.15) is 0 Å². The average molecular weight is 282 g/mol. The van der Waals surface area contributed by atoms with E-state index < -0.39 is 17.5 Å². The van der Waals surface area contributed by atoms with Gasteiger partial charge in [0.05, 0.1) is 11.3 Å². The minimum Gasteiger partial charge on any atom is -0.396 e. The normalized spacial score (nSPS) is 22.6. The molecule has 1 saturated carbocycles. The minimum atomic E-state index is -0.883. The second kappa shape index (κ2) is 6.20. The van der Waals surface area contributed by atoms with Gasteiger partial charge in [-0.15, -0.1) is 0 Å². The van der Waals surface area contributed by atoms with Gasteiger partial charge >= 0.3 is 0 Å². The number of halogens is 2. The summed E-state index contributed by atoms with van der Waals surface area (Å²) in [7, 11) is 0. The van der Waals surface area contributed by atoms with Crippen LogP contribution < -0.4 is 11.1 Å². The lowest BCUT2D eigenvalue weighted by Crippen LogP contribution is -2.32. The predicted octanol–water partition coefficient (Wildman–Crippen LogP) is 3.10. The van der Waals surface area contributed by atoms with Crippen molar-refractivity contribution in [2.24, 2.45) is 11.8 Å². The molecule has 110 valence electrons. The summed E-state index contributed by atoms with van der Waals surface area (Å²) in [6.07, 6.45) is 4.56. The Morgan fingerprint density at radius 3 is 2.80 bits per heavy atom. The van der Waals surface area contributed by atoms with Gasteiger partial charge in [0.15, 0.2) is 0 Å². The highest BCUT2D eigenvalue weighted by atomic mass is 19.1. The van der Waals surface area contributed by atoms with Crippen LogP contribution in [0.5, 0.6) is 0 Å². The molecule has 0 spiro atoms. The van der Waals surface area contributed by atoms with Crippen molar-refractivity contribution >= 4 is 11.6 Å². The number of carbonyl (C=O) groups is 1. The third kappa shape index (κ3) is 3.46. The lowest BCUT2D eigenvalue weighted by Gasteiger charge is -2.26. The molecule has 0 bridgehead atoms. The van der Waals surface area contributed by atoms with Crippen LogP contribution in [-0.2, 0) is 0 Å². The van der Waals surface area contributed by atoms with Crippen LogP contribution in [0.15, 0.2) is 12.1 Å². The summed E-state index contributed by atoms with van der Waals surface area (Å²) >= 11 is 0. The molecule has 2 unspecified atom stereocenters. The molecule has 1 aliphatic rings. The monoisotopic (exact) mass is 282 g/mol. The van der Waals surface area contributed by atoms with E-state index in [-0.39, 0.29) is 11.3 Å². The third-order valence-corrected chi connectivity index (χ3v) is 3.93. The van der Waals surface area contributed by atoms with Gasteiger partial charge in [0.2, 0.25) is 0 Å². The summed E-state index contributed by atoms with van der Waals surface area (Å²) in [5.41, 5.74) is 4.94. The third-order valence-electron chi connectivity index (χ3n) is 3.93. The Bertz CT molecular complexity index is 505. The molecule has 0 heterocycles. The highest BCUT2D eigenvalue weighted by Gasteiger charge is 2.21. The van der Waals surface area contributed by atoms with Crippen LogP contribution in [0.2, 0.25) is 0 Å². The number of amides is 1. The maximum atomic E-state index is 13.6. The van der Waals surface area contributed by atoms with Gasteiger partial charge in [-0.1, -0.05) is 19.8 Å². The van der Waals surface area contributed by atoms with E-state index in [0.717, 1.165) is 18.9 Å². The number of benzene rings is 1. The Balaban J connectivity index is 1.96. The molecule has 0 aliphatic heterocycles. The molecule has 0 aromatic heterocycles. The molecule has 0 saturated heterocycles. The quantitative estimate of drug-likeness (QED) is 0.837. The molecule has 3 nitrogen and oxygen atoms in total. The Morgan fingerprint density at radius 2 is 2.10 bits per heavy atom. The first kappa shape index (κ1) is 14.8. The molecule has 1 aromatic rings. The molecule has 2 rings (SSSR count). The van der Waals surface area contributed by atoms with E-state index in [9.17, 15) is 13.6 Å². The zero-order valence-electron chi connectivity index (χ0n) is 11.6. The zero-order chi connectivity index (χ0) is 14.7. The largest absolute Gasteiger partial charge is 0.396 e. The first-order valence-corrected chi connectivity index (χ1v) is 7.00. The van der Waals surface area contributed by atoms with Crippen molar-refractivity contribution < 1.29 is 13.6 Å². The van der Waals surface area contributed by atoms with Gasteiger partial charge < -0.3 is 11.1 Å². The number of nitrogens with two attached hydrogens (primary N) is 1. The number of nitrogens with one attached hydrogen (secondary N) is 1. The average Bonchev–Trinajstić information content (AvgIpc) is 2.40. The Hall–Kier alpha value is -1.65. The van der Waals surface area contributed by atoms with E-state index in [1.807, 2.05) is 0 Å². The fourth-order valence-electron chi connectivity index (χ4n) is 2.82. The Labute approximate surface area is 117 Å². The van der Waals surface area contributed by atoms with Crippen molar-refractivity contribution in [3.63, 3.8) is 0 Å². The number of rotatable bonds is 3. The van der Waals surface area contributed by atoms with Gasteiger partial charge in [0.25, 0.3) is 5.91 Å². The summed E-state index contributed by atoms with van der Waals surface area (Å²) in [6, 6.07) is 1.69. The minimum absolute atomic E-state index is 0.201. The van der Waals surface area contributed by atoms with Crippen molar-refractivity contribution in [3.05, 3.63) is 29.3 Å². The molecule has 1 aliphatic carbocycles. The van der Waals surface area contributed by atoms with Crippen LogP contribution in [0, 0.1) is 23.5 Å². The molecule has 3 N–H and O–H groups in total. The highest BCUT2D eigenvalue weighted by Crippen LogP contribution is 2.28. The second-order valence-corrected chi connectivity index (χ2v) is 5.70. The molecule has 2 atom stereocenters. The van der Waals surface area contributed by atoms with Crippen molar-refractivity contribution in [1.82, 2.24) is 5.32 Å². The summed E-state index contributed by atoms with van der Waals surface area (Å²) in [6.45, 7) is 2.73. The topological polar surface area (TPSA) is 55.1 Å². The lowest BCUT2D eigenvalue weighted by atomic mass is 9.82. The zero-order valence-corrected chi connectivity index (χ0v) is 11.6. The fraction of sp³-hybridized carbons (Fsp3) is 0.533. The Morgan fingerprint density at radius 1 is 1.35 bits per heavy atom. The first-order valence-electron chi connectivity index (χ1n) is 7.00. The molecule has 5 heteroatoms. The lowest BCUT2D eigenvalue weighted by molar-refractivity contribution is 0.0936. The van der Waals surface area contributed by atoms with Crippen molar-refractivity contribution in [1.29, 1.82) is 0 Å².